The highest BCUT2D eigenvalue weighted by molar-refractivity contribution is 9.26. The van der Waals surface area contributed by atoms with E-state index in [0.29, 0.717) is 6.42 Å². The van der Waals surface area contributed by atoms with E-state index in [1.807, 2.05) is 0 Å². The van der Waals surface area contributed by atoms with Crippen molar-refractivity contribution in [3.8, 4) is 0 Å². The van der Waals surface area contributed by atoms with Crippen LogP contribution in [0.5, 0.6) is 0 Å². The average Bonchev–Trinajstić information content (AvgIpc) is 2.93. The molecule has 0 aromatic heterocycles. The smallest absolute Gasteiger partial charge is 0.264 e. The van der Waals surface area contributed by atoms with Crippen LogP contribution in [-0.4, -0.2) is 62.4 Å². The molecule has 1 aliphatic carbocycles. The van der Waals surface area contributed by atoms with Gasteiger partial charge in [-0.3, -0.25) is 9.59 Å². The molecule has 0 aromatic rings. The summed E-state index contributed by atoms with van der Waals surface area (Å²) >= 11 is 0. The number of rotatable bonds is 2. The fraction of sp³-hybridized carbons (Fsp3) is 0.786. The van der Waals surface area contributed by atoms with E-state index in [2.05, 4.69) is 0 Å². The molecular formula is C14H18N2O4S4. The van der Waals surface area contributed by atoms with Crippen LogP contribution < -0.4 is 0 Å². The Morgan fingerprint density at radius 2 is 2.00 bits per heavy atom. The van der Waals surface area contributed by atoms with Crippen LogP contribution in [0.1, 0.15) is 25.7 Å². The molecule has 2 amide bonds. The summed E-state index contributed by atoms with van der Waals surface area (Å²) in [6.45, 7) is -0.424. The number of likely N-dealkylation sites (N-methyl/N-ethyl adjacent to an activating group) is 1. The molecule has 2 bridgehead atoms. The Hall–Kier alpha value is -0.0300. The van der Waals surface area contributed by atoms with Gasteiger partial charge in [0, 0.05) is 19.0 Å². The maximum atomic E-state index is 13.5. The molecule has 1 spiro atoms. The second kappa shape index (κ2) is 6.00. The van der Waals surface area contributed by atoms with Gasteiger partial charge < -0.3 is 19.7 Å². The maximum absolute atomic E-state index is 13.5. The Morgan fingerprint density at radius 1 is 1.25 bits per heavy atom. The van der Waals surface area contributed by atoms with Crippen molar-refractivity contribution in [2.45, 2.75) is 41.5 Å². The summed E-state index contributed by atoms with van der Waals surface area (Å²) in [7, 11) is 7.20. The van der Waals surface area contributed by atoms with Gasteiger partial charge in [0.2, 0.25) is 4.87 Å². The van der Waals surface area contributed by atoms with E-state index in [1.54, 1.807) is 11.9 Å². The lowest BCUT2D eigenvalue weighted by Gasteiger charge is -2.55. The number of aliphatic hydroxyl groups is 1. The molecule has 10 heteroatoms. The van der Waals surface area contributed by atoms with Crippen LogP contribution in [0, 0.1) is 11.8 Å². The quantitative estimate of drug-likeness (QED) is 0.549. The molecule has 1 saturated carbocycles. The molecule has 6 nitrogen and oxygen atoms in total. The largest absolute Gasteiger partial charge is 0.392 e. The summed E-state index contributed by atoms with van der Waals surface area (Å²) < 4.78 is 0. The third-order valence-electron chi connectivity index (χ3n) is 5.75. The third kappa shape index (κ3) is 2.03. The Labute approximate surface area is 155 Å². The first kappa shape index (κ1) is 17.4. The minimum Gasteiger partial charge on any atom is -0.392 e. The highest BCUT2D eigenvalue weighted by Gasteiger charge is 2.70. The molecule has 0 radical (unpaired) electrons. The van der Waals surface area contributed by atoms with Gasteiger partial charge in [0.25, 0.3) is 11.8 Å². The summed E-state index contributed by atoms with van der Waals surface area (Å²) in [5.74, 6) is -0.394. The lowest BCUT2D eigenvalue weighted by Crippen LogP contribution is -2.74. The molecule has 5 aliphatic rings. The van der Waals surface area contributed by atoms with Crippen molar-refractivity contribution in [3.05, 3.63) is 0 Å². The lowest BCUT2D eigenvalue weighted by molar-refractivity contribution is -0.167. The number of amides is 2. The zero-order valence-electron chi connectivity index (χ0n) is 13.0. The van der Waals surface area contributed by atoms with E-state index < -0.39 is 16.3 Å². The Morgan fingerprint density at radius 3 is 2.71 bits per heavy atom. The van der Waals surface area contributed by atoms with Gasteiger partial charge in [-0.15, -0.1) is 0 Å². The minimum absolute atomic E-state index is 0.125. The topological polar surface area (TPSA) is 77.9 Å². The zero-order valence-corrected chi connectivity index (χ0v) is 16.3. The Bertz CT molecular complexity index is 607. The molecule has 5 fully saturated rings. The number of fused-ring (bicyclic) bond motifs is 5. The van der Waals surface area contributed by atoms with Crippen molar-refractivity contribution in [1.82, 2.24) is 9.80 Å². The molecule has 5 rings (SSSR count). The second-order valence-corrected chi connectivity index (χ2v) is 13.0. The molecule has 4 aliphatic heterocycles. The van der Waals surface area contributed by atoms with Gasteiger partial charge >= 0.3 is 0 Å². The number of aliphatic hydroxyl groups excluding tert-OH is 1. The molecule has 24 heavy (non-hydrogen) atoms. The first-order chi connectivity index (χ1) is 11.5. The number of hydrogen-bond donors (Lipinski definition) is 1. The molecule has 132 valence electrons. The second-order valence-electron chi connectivity index (χ2n) is 6.75. The predicted molar refractivity (Wildman–Crippen MR) is 97.8 cm³/mol. The van der Waals surface area contributed by atoms with Gasteiger partial charge in [-0.1, -0.05) is 6.42 Å². The molecule has 4 saturated heterocycles. The normalized spacial score (nSPS) is 44.8. The van der Waals surface area contributed by atoms with Crippen LogP contribution in [-0.2, 0) is 14.4 Å². The number of carbonyl (C=O) groups is 3. The Balaban J connectivity index is 1.88. The van der Waals surface area contributed by atoms with Crippen LogP contribution in [0.4, 0.5) is 0 Å². The van der Waals surface area contributed by atoms with E-state index in [9.17, 15) is 19.5 Å². The maximum Gasteiger partial charge on any atom is 0.264 e. The molecule has 1 N–H and O–H groups in total. The van der Waals surface area contributed by atoms with Crippen LogP contribution in [0.15, 0.2) is 0 Å². The first-order valence-electron chi connectivity index (χ1n) is 7.90. The Kier molecular flexibility index (Phi) is 4.35. The molecule has 4 heterocycles. The van der Waals surface area contributed by atoms with Crippen molar-refractivity contribution in [1.29, 1.82) is 0 Å². The monoisotopic (exact) mass is 406 g/mol. The van der Waals surface area contributed by atoms with E-state index in [1.165, 1.54) is 46.1 Å². The average molecular weight is 407 g/mol. The van der Waals surface area contributed by atoms with Gasteiger partial charge in [-0.2, -0.15) is 0 Å². The number of piperazine rings is 1. The standard InChI is InChI=1S/C14H18N2O4S4/c1-15-11(19)13-5-8-3-2-4-9(6-17)10(8)16(13)12(20)14(15,7-18)22-24-23-21-13/h6,8-10,18H,2-5,7H2,1H3/t8?,9-,10+,13-,14-/m1/s1. The van der Waals surface area contributed by atoms with Gasteiger partial charge in [0.15, 0.2) is 4.87 Å². The van der Waals surface area contributed by atoms with Crippen molar-refractivity contribution in [2.75, 3.05) is 13.7 Å². The third-order valence-corrected chi connectivity index (χ3v) is 13.1. The van der Waals surface area contributed by atoms with E-state index in [0.717, 1.165) is 25.5 Å². The number of hydrogen-bond acceptors (Lipinski definition) is 8. The summed E-state index contributed by atoms with van der Waals surface area (Å²) in [6.07, 6.45) is 4.21. The summed E-state index contributed by atoms with van der Waals surface area (Å²) in [6, 6.07) is -0.218. The van der Waals surface area contributed by atoms with Crippen LogP contribution in [0.3, 0.4) is 0 Å². The highest BCUT2D eigenvalue weighted by atomic mass is 33.7. The van der Waals surface area contributed by atoms with E-state index in [-0.39, 0.29) is 29.7 Å². The fourth-order valence-electron chi connectivity index (χ4n) is 4.56. The highest BCUT2D eigenvalue weighted by Crippen LogP contribution is 2.66. The van der Waals surface area contributed by atoms with E-state index in [4.69, 9.17) is 0 Å². The fourth-order valence-corrected chi connectivity index (χ4v) is 12.3. The van der Waals surface area contributed by atoms with Crippen molar-refractivity contribution < 1.29 is 19.5 Å². The number of nitrogens with zero attached hydrogens (tertiary/aromatic N) is 2. The van der Waals surface area contributed by atoms with Crippen molar-refractivity contribution in [3.63, 3.8) is 0 Å². The number of aldehydes is 1. The van der Waals surface area contributed by atoms with Gasteiger partial charge in [0.05, 0.1) is 6.61 Å². The number of carbonyl (C=O) groups excluding carboxylic acids is 3. The molecule has 0 aromatic carbocycles. The SMILES string of the molecule is CN1C(=O)[C@]23CC4CCC[C@H](C=O)[C@H]4N2C(=O)[C@@]1(CO)SSSS3. The van der Waals surface area contributed by atoms with Gasteiger partial charge in [0.1, 0.15) is 6.29 Å². The minimum atomic E-state index is -1.29. The summed E-state index contributed by atoms with van der Waals surface area (Å²) in [5.41, 5.74) is 0. The first-order valence-corrected chi connectivity index (χ1v) is 12.7. The van der Waals surface area contributed by atoms with Crippen molar-refractivity contribution in [2.24, 2.45) is 11.8 Å². The summed E-state index contributed by atoms with van der Waals surface area (Å²) in [4.78, 5) is 39.3. The zero-order chi connectivity index (χ0) is 17.1. The van der Waals surface area contributed by atoms with Crippen LogP contribution in [0.2, 0.25) is 0 Å². The summed E-state index contributed by atoms with van der Waals surface area (Å²) in [5, 5.41) is 10.0. The van der Waals surface area contributed by atoms with Gasteiger partial charge in [-0.05, 0) is 66.4 Å². The molecular weight excluding hydrogens is 388 g/mol. The predicted octanol–water partition coefficient (Wildman–Crippen LogP) is 1.75. The molecule has 1 unspecified atom stereocenters. The van der Waals surface area contributed by atoms with Crippen molar-refractivity contribution >= 4 is 59.3 Å². The van der Waals surface area contributed by atoms with E-state index >= 15 is 0 Å². The van der Waals surface area contributed by atoms with Crippen LogP contribution in [0.25, 0.3) is 0 Å². The van der Waals surface area contributed by atoms with Crippen LogP contribution >= 0.6 is 41.2 Å². The van der Waals surface area contributed by atoms with Gasteiger partial charge in [-0.25, -0.2) is 0 Å². The molecule has 5 atom stereocenters. The lowest BCUT2D eigenvalue weighted by atomic mass is 9.78.